The summed E-state index contributed by atoms with van der Waals surface area (Å²) in [6.45, 7) is 10.0. The van der Waals surface area contributed by atoms with Crippen LogP contribution in [0.2, 0.25) is 0 Å². The van der Waals surface area contributed by atoms with E-state index in [2.05, 4.69) is 26.0 Å². The minimum Gasteiger partial charge on any atom is -0.577 e. The van der Waals surface area contributed by atoms with Gasteiger partial charge in [0.1, 0.15) is 0 Å². The van der Waals surface area contributed by atoms with Crippen LogP contribution < -0.4 is 0 Å². The average molecular weight is 367 g/mol. The molecule has 0 unspecified atom stereocenters. The van der Waals surface area contributed by atoms with Crippen molar-refractivity contribution in [1.29, 1.82) is 0 Å². The van der Waals surface area contributed by atoms with Crippen molar-refractivity contribution in [3.8, 4) is 0 Å². The molecule has 0 saturated heterocycles. The van der Waals surface area contributed by atoms with E-state index < -0.39 is 0 Å². The molecule has 84 valence electrons. The summed E-state index contributed by atoms with van der Waals surface area (Å²) in [5.41, 5.74) is 11.5. The summed E-state index contributed by atoms with van der Waals surface area (Å²) in [5.74, 6) is 0. The average Bonchev–Trinajstić information content (AvgIpc) is 2.87. The Morgan fingerprint density at radius 1 is 1.07 bits per heavy atom. The molecule has 0 bridgehead atoms. The van der Waals surface area contributed by atoms with Gasteiger partial charge in [-0.3, -0.25) is 6.08 Å². The molecule has 0 N–H and O–H groups in total. The minimum absolute atomic E-state index is 0. The largest absolute Gasteiger partial charge is 0.577 e. The third-order valence-corrected chi connectivity index (χ3v) is 0.586. The molecular formula is C9H15N2O2W-5. The quantitative estimate of drug-likeness (QED) is 0.613. The van der Waals surface area contributed by atoms with E-state index in [1.807, 2.05) is 12.2 Å². The summed E-state index contributed by atoms with van der Waals surface area (Å²) in [6.07, 6.45) is 10.0. The number of nitroso groups, excluding NO2 is 2. The van der Waals surface area contributed by atoms with Gasteiger partial charge in [-0.15, -0.1) is 6.42 Å². The van der Waals surface area contributed by atoms with Gasteiger partial charge in [-0.25, -0.2) is 12.2 Å². The minimum atomic E-state index is 0. The normalized spacial score (nSPS) is 7.71. The van der Waals surface area contributed by atoms with Gasteiger partial charge in [-0.1, -0.05) is 0 Å². The van der Waals surface area contributed by atoms with E-state index in [0.29, 0.717) is 0 Å². The maximum atomic E-state index is 7.25. The predicted molar refractivity (Wildman–Crippen MR) is 57.1 cm³/mol. The SMILES string of the molecule is [C-]1=CC=CC1.[CH2-]C.[CH2-]C.[N-]=O.[N-]=O.[W]. The van der Waals surface area contributed by atoms with Gasteiger partial charge >= 0.3 is 0 Å². The van der Waals surface area contributed by atoms with E-state index in [0.717, 1.165) is 6.42 Å². The molecule has 4 nitrogen and oxygen atoms in total. The van der Waals surface area contributed by atoms with Crippen molar-refractivity contribution in [2.75, 3.05) is 0 Å². The van der Waals surface area contributed by atoms with Crippen LogP contribution in [-0.4, -0.2) is 0 Å². The maximum absolute atomic E-state index is 7.25. The maximum Gasteiger partial charge on any atom is 0 e. The van der Waals surface area contributed by atoms with Gasteiger partial charge in [0.2, 0.25) is 0 Å². The standard InChI is InChI=1S/C5H5.2C2H5.2NO.W/c1-2-4-5-3-1;4*1-2;/h1-3H,4H2;2*1H2,2H3;;;/q5*-1;. The number of hydrogen-bond acceptors (Lipinski definition) is 2. The van der Waals surface area contributed by atoms with Crippen LogP contribution in [0.4, 0.5) is 0 Å². The fourth-order valence-corrected chi connectivity index (χ4v) is 0.340. The van der Waals surface area contributed by atoms with Gasteiger partial charge in [0.05, 0.1) is 0 Å². The second-order valence-electron chi connectivity index (χ2n) is 1.00. The van der Waals surface area contributed by atoms with Crippen molar-refractivity contribution >= 4 is 0 Å². The first kappa shape index (κ1) is 29.2. The molecule has 0 radical (unpaired) electrons. The summed E-state index contributed by atoms with van der Waals surface area (Å²) in [7, 11) is 0. The Bertz CT molecular complexity index is 97.0. The Hall–Kier alpha value is -0.632. The molecule has 1 aliphatic rings. The molecule has 0 aromatic carbocycles. The summed E-state index contributed by atoms with van der Waals surface area (Å²) in [4.78, 5) is 14.5. The molecule has 0 aromatic heterocycles. The zero-order valence-electron chi connectivity index (χ0n) is 8.47. The second-order valence-corrected chi connectivity index (χ2v) is 1.00. The molecule has 0 heterocycles. The Balaban J connectivity index is -0.0000000267. The number of allylic oxidation sites excluding steroid dienone is 4. The molecule has 1 aliphatic carbocycles. The summed E-state index contributed by atoms with van der Waals surface area (Å²) in [6, 6.07) is 0. The fourth-order valence-electron chi connectivity index (χ4n) is 0.340. The van der Waals surface area contributed by atoms with Crippen molar-refractivity contribution in [2.45, 2.75) is 20.3 Å². The van der Waals surface area contributed by atoms with Crippen molar-refractivity contribution < 1.29 is 21.1 Å². The van der Waals surface area contributed by atoms with E-state index in [1.165, 1.54) is 0 Å². The monoisotopic (exact) mass is 367 g/mol. The zero-order chi connectivity index (χ0) is 11.5. The van der Waals surface area contributed by atoms with Crippen molar-refractivity contribution in [3.05, 3.63) is 59.2 Å². The third kappa shape index (κ3) is 64.0. The van der Waals surface area contributed by atoms with E-state index in [4.69, 9.17) is 21.0 Å². The van der Waals surface area contributed by atoms with Crippen LogP contribution in [0, 0.1) is 29.7 Å². The first-order valence-corrected chi connectivity index (χ1v) is 3.50. The van der Waals surface area contributed by atoms with Crippen LogP contribution >= 0.6 is 0 Å². The molecule has 0 fully saturated rings. The van der Waals surface area contributed by atoms with Gasteiger partial charge in [-0.05, 0) is 0 Å². The van der Waals surface area contributed by atoms with Crippen LogP contribution in [0.1, 0.15) is 20.3 Å². The summed E-state index contributed by atoms with van der Waals surface area (Å²) < 4.78 is 0. The van der Waals surface area contributed by atoms with Gasteiger partial charge < -0.3 is 34.8 Å². The Kier molecular flexibility index (Phi) is 175. The number of nitrogens with zero attached hydrogens (tertiary/aromatic N) is 2. The third-order valence-electron chi connectivity index (χ3n) is 0.586. The Labute approximate surface area is 101 Å². The van der Waals surface area contributed by atoms with E-state index >= 15 is 0 Å². The zero-order valence-corrected chi connectivity index (χ0v) is 11.4. The fraction of sp³-hybridized carbons (Fsp3) is 0.333. The van der Waals surface area contributed by atoms with Crippen LogP contribution in [0.25, 0.3) is 11.2 Å². The molecule has 14 heavy (non-hydrogen) atoms. The molecule has 1 rings (SSSR count). The second kappa shape index (κ2) is 83.8. The molecule has 0 atom stereocenters. The van der Waals surface area contributed by atoms with Gasteiger partial charge in [-0.2, -0.15) is 19.9 Å². The van der Waals surface area contributed by atoms with E-state index in [1.54, 1.807) is 13.8 Å². The number of rotatable bonds is 0. The van der Waals surface area contributed by atoms with Gasteiger partial charge in [0.15, 0.2) is 0 Å². The van der Waals surface area contributed by atoms with Crippen molar-refractivity contribution in [3.63, 3.8) is 0 Å². The molecule has 0 amide bonds. The first-order chi connectivity index (χ1) is 6.50. The molecule has 0 aromatic rings. The molecule has 0 spiro atoms. The summed E-state index contributed by atoms with van der Waals surface area (Å²) in [5, 5.41) is 0. The molecular weight excluding hydrogens is 352 g/mol. The van der Waals surface area contributed by atoms with Gasteiger partial charge in [0, 0.05) is 21.1 Å². The molecule has 0 aliphatic heterocycles. The van der Waals surface area contributed by atoms with Gasteiger partial charge in [0.25, 0.3) is 0 Å². The Morgan fingerprint density at radius 3 is 1.50 bits per heavy atom. The predicted octanol–water partition coefficient (Wildman–Crippen LogP) is 3.63. The van der Waals surface area contributed by atoms with Crippen LogP contribution in [0.5, 0.6) is 0 Å². The number of hydrogen-bond donors (Lipinski definition) is 0. The van der Waals surface area contributed by atoms with E-state index in [-0.39, 0.29) is 21.1 Å². The molecule has 5 heteroatoms. The smallest absolute Gasteiger partial charge is 0 e. The Morgan fingerprint density at radius 2 is 1.43 bits per heavy atom. The van der Waals surface area contributed by atoms with Crippen LogP contribution in [0.15, 0.2) is 18.2 Å². The molecule has 0 saturated carbocycles. The first-order valence-electron chi connectivity index (χ1n) is 3.50. The van der Waals surface area contributed by atoms with Crippen molar-refractivity contribution in [2.24, 2.45) is 0 Å². The van der Waals surface area contributed by atoms with E-state index in [9.17, 15) is 0 Å². The van der Waals surface area contributed by atoms with Crippen LogP contribution in [0.3, 0.4) is 0 Å². The van der Waals surface area contributed by atoms with Crippen LogP contribution in [-0.2, 0) is 21.1 Å². The van der Waals surface area contributed by atoms with Crippen molar-refractivity contribution in [1.82, 2.24) is 0 Å². The topological polar surface area (TPSA) is 78.7 Å². The summed E-state index contributed by atoms with van der Waals surface area (Å²) >= 11 is 0.